The van der Waals surface area contributed by atoms with E-state index in [-0.39, 0.29) is 11.9 Å². The van der Waals surface area contributed by atoms with Crippen molar-refractivity contribution in [3.05, 3.63) is 89.5 Å². The number of nitrogens with one attached hydrogen (secondary N) is 1. The highest BCUT2D eigenvalue weighted by Gasteiger charge is 2.42. The first-order valence-electron chi connectivity index (χ1n) is 11.5. The van der Waals surface area contributed by atoms with Crippen LogP contribution in [-0.4, -0.2) is 34.7 Å². The van der Waals surface area contributed by atoms with E-state index in [0.29, 0.717) is 18.8 Å². The zero-order chi connectivity index (χ0) is 23.5. The van der Waals surface area contributed by atoms with E-state index in [1.54, 1.807) is 13.4 Å². The van der Waals surface area contributed by atoms with Crippen LogP contribution in [0, 0.1) is 0 Å². The summed E-state index contributed by atoms with van der Waals surface area (Å²) < 4.78 is 16.7. The van der Waals surface area contributed by atoms with Gasteiger partial charge in [-0.15, -0.1) is 0 Å². The number of methoxy groups -OCH3 is 1. The van der Waals surface area contributed by atoms with Crippen LogP contribution in [0.5, 0.6) is 11.5 Å². The quantitative estimate of drug-likeness (QED) is 0.331. The highest BCUT2D eigenvalue weighted by atomic mass is 16.5. The van der Waals surface area contributed by atoms with E-state index >= 15 is 0 Å². The van der Waals surface area contributed by atoms with Gasteiger partial charge in [0.05, 0.1) is 38.3 Å². The molecule has 1 amide bonds. The SMILES string of the molecule is CCCCOc1ccc(C2c3c(-c4ccc(OC)cc4)n[nH]c3C(=O)N2Cc2ccco2)cc1. The summed E-state index contributed by atoms with van der Waals surface area (Å²) in [6, 6.07) is 19.1. The second-order valence-electron chi connectivity index (χ2n) is 8.28. The Morgan fingerprint density at radius 3 is 2.50 bits per heavy atom. The molecule has 3 heterocycles. The van der Waals surface area contributed by atoms with Gasteiger partial charge in [-0.05, 0) is 60.5 Å². The second kappa shape index (κ2) is 9.47. The third kappa shape index (κ3) is 4.05. The van der Waals surface area contributed by atoms with Gasteiger partial charge in [-0.3, -0.25) is 9.89 Å². The average Bonchev–Trinajstić information content (AvgIpc) is 3.60. The van der Waals surface area contributed by atoms with Gasteiger partial charge in [-0.25, -0.2) is 0 Å². The number of hydrogen-bond acceptors (Lipinski definition) is 5. The molecule has 1 atom stereocenters. The van der Waals surface area contributed by atoms with E-state index in [2.05, 4.69) is 17.1 Å². The minimum atomic E-state index is -0.312. The highest BCUT2D eigenvalue weighted by Crippen LogP contribution is 2.44. The number of rotatable bonds is 9. The fourth-order valence-electron chi connectivity index (χ4n) is 4.33. The summed E-state index contributed by atoms with van der Waals surface area (Å²) in [4.78, 5) is 15.3. The van der Waals surface area contributed by atoms with Crippen LogP contribution in [0.3, 0.4) is 0 Å². The van der Waals surface area contributed by atoms with Crippen molar-refractivity contribution in [2.75, 3.05) is 13.7 Å². The van der Waals surface area contributed by atoms with Crippen molar-refractivity contribution in [3.8, 4) is 22.8 Å². The van der Waals surface area contributed by atoms with Crippen molar-refractivity contribution in [1.29, 1.82) is 0 Å². The molecule has 1 unspecified atom stereocenters. The fourth-order valence-corrected chi connectivity index (χ4v) is 4.33. The molecule has 7 heteroatoms. The Balaban J connectivity index is 1.54. The van der Waals surface area contributed by atoms with Gasteiger partial charge in [0.2, 0.25) is 0 Å². The number of furan rings is 1. The van der Waals surface area contributed by atoms with Crippen molar-refractivity contribution < 1.29 is 18.7 Å². The molecule has 1 aliphatic heterocycles. The van der Waals surface area contributed by atoms with Crippen LogP contribution in [-0.2, 0) is 6.54 Å². The fraction of sp³-hybridized carbons (Fsp3) is 0.259. The van der Waals surface area contributed by atoms with Crippen LogP contribution in [0.15, 0.2) is 71.3 Å². The summed E-state index contributed by atoms with van der Waals surface area (Å²) in [6.07, 6.45) is 3.72. The van der Waals surface area contributed by atoms with Crippen molar-refractivity contribution in [2.24, 2.45) is 0 Å². The predicted octanol–water partition coefficient (Wildman–Crippen LogP) is 5.60. The molecule has 0 fully saturated rings. The largest absolute Gasteiger partial charge is 0.497 e. The van der Waals surface area contributed by atoms with Gasteiger partial charge < -0.3 is 18.8 Å². The molecule has 0 radical (unpaired) electrons. The lowest BCUT2D eigenvalue weighted by Crippen LogP contribution is -2.28. The Kier molecular flexibility index (Phi) is 6.08. The molecular weight excluding hydrogens is 430 g/mol. The summed E-state index contributed by atoms with van der Waals surface area (Å²) in [5, 5.41) is 7.52. The first kappa shape index (κ1) is 21.8. The maximum atomic E-state index is 13.5. The van der Waals surface area contributed by atoms with Crippen molar-refractivity contribution in [1.82, 2.24) is 15.1 Å². The van der Waals surface area contributed by atoms with Gasteiger partial charge in [0, 0.05) is 11.1 Å². The minimum absolute atomic E-state index is 0.105. The highest BCUT2D eigenvalue weighted by molar-refractivity contribution is 6.00. The van der Waals surface area contributed by atoms with Gasteiger partial charge in [-0.2, -0.15) is 5.10 Å². The normalized spacial score (nSPS) is 14.9. The molecule has 0 bridgehead atoms. The molecule has 1 aliphatic rings. The molecule has 2 aromatic heterocycles. The first-order valence-corrected chi connectivity index (χ1v) is 11.5. The van der Waals surface area contributed by atoms with E-state index in [1.165, 1.54) is 0 Å². The minimum Gasteiger partial charge on any atom is -0.497 e. The number of H-pyrrole nitrogens is 1. The van der Waals surface area contributed by atoms with Gasteiger partial charge in [0.15, 0.2) is 0 Å². The van der Waals surface area contributed by atoms with Crippen molar-refractivity contribution in [3.63, 3.8) is 0 Å². The number of benzene rings is 2. The molecule has 2 aromatic carbocycles. The first-order chi connectivity index (χ1) is 16.7. The Morgan fingerprint density at radius 1 is 1.06 bits per heavy atom. The van der Waals surface area contributed by atoms with E-state index < -0.39 is 0 Å². The summed E-state index contributed by atoms with van der Waals surface area (Å²) >= 11 is 0. The van der Waals surface area contributed by atoms with Gasteiger partial charge in [-0.1, -0.05) is 25.5 Å². The lowest BCUT2D eigenvalue weighted by molar-refractivity contribution is 0.0717. The third-order valence-electron chi connectivity index (χ3n) is 6.10. The average molecular weight is 458 g/mol. The topological polar surface area (TPSA) is 80.6 Å². The zero-order valence-corrected chi connectivity index (χ0v) is 19.3. The van der Waals surface area contributed by atoms with E-state index in [9.17, 15) is 4.79 Å². The third-order valence-corrected chi connectivity index (χ3v) is 6.10. The molecule has 4 aromatic rings. The molecule has 0 aliphatic carbocycles. The number of aromatic nitrogens is 2. The van der Waals surface area contributed by atoms with Crippen molar-refractivity contribution >= 4 is 5.91 Å². The van der Waals surface area contributed by atoms with Crippen molar-refractivity contribution in [2.45, 2.75) is 32.4 Å². The lowest BCUT2D eigenvalue weighted by atomic mass is 9.96. The monoisotopic (exact) mass is 457 g/mol. The number of hydrogen-bond donors (Lipinski definition) is 1. The van der Waals surface area contributed by atoms with Gasteiger partial charge >= 0.3 is 0 Å². The van der Waals surface area contributed by atoms with E-state index in [0.717, 1.165) is 52.5 Å². The number of fused-ring (bicyclic) bond motifs is 1. The summed E-state index contributed by atoms with van der Waals surface area (Å²) in [5.74, 6) is 2.21. The Bertz CT molecular complexity index is 1240. The predicted molar refractivity (Wildman–Crippen MR) is 128 cm³/mol. The maximum absolute atomic E-state index is 13.5. The second-order valence-corrected chi connectivity index (χ2v) is 8.28. The molecule has 0 saturated heterocycles. The van der Waals surface area contributed by atoms with Crippen LogP contribution >= 0.6 is 0 Å². The number of nitrogens with zero attached hydrogens (tertiary/aromatic N) is 2. The van der Waals surface area contributed by atoms with E-state index in [4.69, 9.17) is 13.9 Å². The van der Waals surface area contributed by atoms with E-state index in [1.807, 2.05) is 65.6 Å². The number of unbranched alkanes of at least 4 members (excludes halogenated alkanes) is 1. The molecule has 7 nitrogen and oxygen atoms in total. The number of aromatic amines is 1. The smallest absolute Gasteiger partial charge is 0.273 e. The number of amides is 1. The molecule has 1 N–H and O–H groups in total. The Morgan fingerprint density at radius 2 is 1.82 bits per heavy atom. The maximum Gasteiger partial charge on any atom is 0.273 e. The number of ether oxygens (including phenoxy) is 2. The molecule has 174 valence electrons. The van der Waals surface area contributed by atoms with Crippen LogP contribution in [0.4, 0.5) is 0 Å². The number of carbonyl (C=O) groups is 1. The molecule has 34 heavy (non-hydrogen) atoms. The van der Waals surface area contributed by atoms with Gasteiger partial charge in [0.25, 0.3) is 5.91 Å². The molecular formula is C27H27N3O4. The molecule has 0 spiro atoms. The Labute approximate surface area is 198 Å². The van der Waals surface area contributed by atoms with Gasteiger partial charge in [0.1, 0.15) is 23.0 Å². The standard InChI is InChI=1S/C27H27N3O4/c1-3-4-15-33-21-13-9-19(10-14-21)26-23-24(18-7-11-20(32-2)12-8-18)28-29-25(23)27(31)30(26)17-22-6-5-16-34-22/h5-14,16,26H,3-4,15,17H2,1-2H3,(H,28,29). The van der Waals surface area contributed by atoms with Crippen LogP contribution in [0.1, 0.15) is 53.2 Å². The van der Waals surface area contributed by atoms with Crippen LogP contribution in [0.25, 0.3) is 11.3 Å². The Hall–Kier alpha value is -4.00. The van der Waals surface area contributed by atoms with Crippen LogP contribution in [0.2, 0.25) is 0 Å². The number of carbonyl (C=O) groups excluding carboxylic acids is 1. The summed E-state index contributed by atoms with van der Waals surface area (Å²) in [7, 11) is 1.64. The summed E-state index contributed by atoms with van der Waals surface area (Å²) in [5.41, 5.74) is 4.02. The summed E-state index contributed by atoms with van der Waals surface area (Å²) in [6.45, 7) is 3.19. The van der Waals surface area contributed by atoms with Crippen LogP contribution < -0.4 is 9.47 Å². The molecule has 5 rings (SSSR count). The zero-order valence-electron chi connectivity index (χ0n) is 19.3. The molecule has 0 saturated carbocycles. The lowest BCUT2D eigenvalue weighted by Gasteiger charge is -2.25.